The van der Waals surface area contributed by atoms with E-state index in [2.05, 4.69) is 5.32 Å². The molecule has 0 fully saturated rings. The molecular weight excluding hydrogens is 266 g/mol. The molecule has 0 aliphatic carbocycles. The molecule has 1 aromatic rings. The van der Waals surface area contributed by atoms with Gasteiger partial charge in [-0.05, 0) is 5.41 Å². The Hall–Kier alpha value is -2.38. The predicted octanol–water partition coefficient (Wildman–Crippen LogP) is -0.848. The van der Waals surface area contributed by atoms with Crippen LogP contribution < -0.4 is 16.6 Å². The fourth-order valence-corrected chi connectivity index (χ4v) is 1.58. The van der Waals surface area contributed by atoms with Gasteiger partial charge >= 0.3 is 11.7 Å². The lowest BCUT2D eigenvalue weighted by Gasteiger charge is -2.27. The van der Waals surface area contributed by atoms with Gasteiger partial charge in [0, 0.05) is 12.3 Å². The average molecular weight is 283 g/mol. The SMILES string of the molecule is CC(C)(C)[C@@H](NC(=O)Cn1ccc(=O)[nH]c1=O)C(=O)O. The maximum Gasteiger partial charge on any atom is 0.328 e. The number of carboxylic acids is 1. The summed E-state index contributed by atoms with van der Waals surface area (Å²) in [5, 5.41) is 11.4. The Balaban J connectivity index is 2.84. The number of nitrogens with one attached hydrogen (secondary N) is 2. The van der Waals surface area contributed by atoms with Crippen LogP contribution in [0.15, 0.2) is 21.9 Å². The van der Waals surface area contributed by atoms with E-state index in [4.69, 9.17) is 5.11 Å². The zero-order valence-corrected chi connectivity index (χ0v) is 11.5. The number of carbonyl (C=O) groups excluding carboxylic acids is 1. The van der Waals surface area contributed by atoms with E-state index in [1.165, 1.54) is 6.20 Å². The fourth-order valence-electron chi connectivity index (χ4n) is 1.58. The van der Waals surface area contributed by atoms with Crippen LogP contribution >= 0.6 is 0 Å². The topological polar surface area (TPSA) is 121 Å². The molecule has 1 atom stereocenters. The lowest BCUT2D eigenvalue weighted by Crippen LogP contribution is -2.50. The second-order valence-electron chi connectivity index (χ2n) is 5.44. The summed E-state index contributed by atoms with van der Waals surface area (Å²) in [5.41, 5.74) is -1.96. The van der Waals surface area contributed by atoms with Gasteiger partial charge in [-0.1, -0.05) is 20.8 Å². The molecule has 0 spiro atoms. The first-order valence-electron chi connectivity index (χ1n) is 5.93. The molecule has 0 saturated carbocycles. The van der Waals surface area contributed by atoms with Crippen LogP contribution in [-0.4, -0.2) is 32.6 Å². The number of hydrogen-bond acceptors (Lipinski definition) is 4. The number of carbonyl (C=O) groups is 2. The summed E-state index contributed by atoms with van der Waals surface area (Å²) in [6.07, 6.45) is 1.17. The molecule has 0 radical (unpaired) electrons. The molecule has 8 nitrogen and oxygen atoms in total. The molecule has 0 aliphatic rings. The molecule has 1 heterocycles. The number of aliphatic carboxylic acids is 1. The first-order chi connectivity index (χ1) is 9.11. The number of hydrogen-bond donors (Lipinski definition) is 3. The van der Waals surface area contributed by atoms with E-state index in [1.54, 1.807) is 20.8 Å². The average Bonchev–Trinajstić information content (AvgIpc) is 2.28. The van der Waals surface area contributed by atoms with E-state index < -0.39 is 34.6 Å². The van der Waals surface area contributed by atoms with Crippen molar-refractivity contribution in [1.82, 2.24) is 14.9 Å². The Morgan fingerprint density at radius 1 is 1.40 bits per heavy atom. The van der Waals surface area contributed by atoms with Crippen molar-refractivity contribution in [2.24, 2.45) is 5.41 Å². The van der Waals surface area contributed by atoms with Crippen molar-refractivity contribution in [3.63, 3.8) is 0 Å². The summed E-state index contributed by atoms with van der Waals surface area (Å²) in [4.78, 5) is 47.2. The largest absolute Gasteiger partial charge is 0.480 e. The molecule has 1 aromatic heterocycles. The van der Waals surface area contributed by atoms with Gasteiger partial charge in [0.1, 0.15) is 12.6 Å². The van der Waals surface area contributed by atoms with Crippen molar-refractivity contribution >= 4 is 11.9 Å². The standard InChI is InChI=1S/C12H17N3O5/c1-12(2,3)9(10(18)19)13-8(17)6-15-5-4-7(16)14-11(15)20/h4-5,9H,6H2,1-3H3,(H,13,17)(H,18,19)(H,14,16,20)/t9-/m0/s1. The number of amides is 1. The maximum atomic E-state index is 11.8. The van der Waals surface area contributed by atoms with Gasteiger partial charge < -0.3 is 10.4 Å². The van der Waals surface area contributed by atoms with Crippen LogP contribution in [0.1, 0.15) is 20.8 Å². The van der Waals surface area contributed by atoms with Crippen molar-refractivity contribution in [3.05, 3.63) is 33.1 Å². The summed E-state index contributed by atoms with van der Waals surface area (Å²) < 4.78 is 0.984. The van der Waals surface area contributed by atoms with Crippen molar-refractivity contribution in [3.8, 4) is 0 Å². The Bertz CT molecular complexity index is 623. The highest BCUT2D eigenvalue weighted by molar-refractivity contribution is 5.83. The molecular formula is C12H17N3O5. The van der Waals surface area contributed by atoms with E-state index in [9.17, 15) is 19.2 Å². The third-order valence-electron chi connectivity index (χ3n) is 2.63. The number of nitrogens with zero attached hydrogens (tertiary/aromatic N) is 1. The molecule has 8 heteroatoms. The Labute approximate surface area is 114 Å². The van der Waals surface area contributed by atoms with Gasteiger partial charge in [0.2, 0.25) is 5.91 Å². The van der Waals surface area contributed by atoms with Crippen LogP contribution in [0, 0.1) is 5.41 Å². The Kier molecular flexibility index (Phi) is 4.49. The molecule has 1 rings (SSSR count). The lowest BCUT2D eigenvalue weighted by atomic mass is 9.87. The van der Waals surface area contributed by atoms with E-state index in [0.717, 1.165) is 10.6 Å². The number of carboxylic acid groups (broad SMARTS) is 1. The lowest BCUT2D eigenvalue weighted by molar-refractivity contribution is -0.145. The van der Waals surface area contributed by atoms with Crippen molar-refractivity contribution < 1.29 is 14.7 Å². The normalized spacial score (nSPS) is 12.8. The smallest absolute Gasteiger partial charge is 0.328 e. The monoisotopic (exact) mass is 283 g/mol. The van der Waals surface area contributed by atoms with Gasteiger partial charge in [-0.3, -0.25) is 19.1 Å². The highest BCUT2D eigenvalue weighted by atomic mass is 16.4. The summed E-state index contributed by atoms with van der Waals surface area (Å²) in [6, 6.07) is 0.0288. The molecule has 1 amide bonds. The molecule has 0 bridgehead atoms. The number of H-pyrrole nitrogens is 1. The summed E-state index contributed by atoms with van der Waals surface area (Å²) in [5.74, 6) is -1.78. The molecule has 3 N–H and O–H groups in total. The molecule has 0 aliphatic heterocycles. The van der Waals surface area contributed by atoms with Gasteiger partial charge in [-0.25, -0.2) is 9.59 Å². The van der Waals surface area contributed by atoms with Crippen molar-refractivity contribution in [2.75, 3.05) is 0 Å². The van der Waals surface area contributed by atoms with Crippen LogP contribution in [0.4, 0.5) is 0 Å². The maximum absolute atomic E-state index is 11.8. The molecule has 110 valence electrons. The minimum Gasteiger partial charge on any atom is -0.480 e. The Morgan fingerprint density at radius 3 is 2.45 bits per heavy atom. The van der Waals surface area contributed by atoms with Crippen LogP contribution in [0.25, 0.3) is 0 Å². The van der Waals surface area contributed by atoms with Crippen LogP contribution in [0.5, 0.6) is 0 Å². The van der Waals surface area contributed by atoms with E-state index in [-0.39, 0.29) is 6.54 Å². The molecule has 20 heavy (non-hydrogen) atoms. The van der Waals surface area contributed by atoms with Crippen molar-refractivity contribution in [2.45, 2.75) is 33.4 Å². The van der Waals surface area contributed by atoms with Crippen molar-refractivity contribution in [1.29, 1.82) is 0 Å². The first-order valence-corrected chi connectivity index (χ1v) is 5.93. The van der Waals surface area contributed by atoms with Crippen LogP contribution in [0.3, 0.4) is 0 Å². The molecule has 0 saturated heterocycles. The summed E-state index contributed by atoms with van der Waals surface area (Å²) in [6.45, 7) is 4.67. The van der Waals surface area contributed by atoms with Gasteiger partial charge in [-0.15, -0.1) is 0 Å². The molecule has 0 aromatic carbocycles. The van der Waals surface area contributed by atoms with Gasteiger partial charge in [0.05, 0.1) is 0 Å². The van der Waals surface area contributed by atoms with E-state index in [1.807, 2.05) is 4.98 Å². The first kappa shape index (κ1) is 15.7. The summed E-state index contributed by atoms with van der Waals surface area (Å²) >= 11 is 0. The minimum absolute atomic E-state index is 0.366. The number of aromatic amines is 1. The van der Waals surface area contributed by atoms with E-state index >= 15 is 0 Å². The van der Waals surface area contributed by atoms with E-state index in [0.29, 0.717) is 0 Å². The third kappa shape index (κ3) is 4.08. The number of aromatic nitrogens is 2. The van der Waals surface area contributed by atoms with Gasteiger partial charge in [0.15, 0.2) is 0 Å². The Morgan fingerprint density at radius 2 is 2.00 bits per heavy atom. The highest BCUT2D eigenvalue weighted by Gasteiger charge is 2.32. The zero-order valence-electron chi connectivity index (χ0n) is 11.5. The zero-order chi connectivity index (χ0) is 15.5. The summed E-state index contributed by atoms with van der Waals surface area (Å²) in [7, 11) is 0. The number of rotatable bonds is 4. The van der Waals surface area contributed by atoms with Crippen LogP contribution in [-0.2, 0) is 16.1 Å². The second kappa shape index (κ2) is 5.72. The highest BCUT2D eigenvalue weighted by Crippen LogP contribution is 2.19. The van der Waals surface area contributed by atoms with Gasteiger partial charge in [-0.2, -0.15) is 0 Å². The third-order valence-corrected chi connectivity index (χ3v) is 2.63. The fraction of sp³-hybridized carbons (Fsp3) is 0.500. The van der Waals surface area contributed by atoms with Gasteiger partial charge in [0.25, 0.3) is 5.56 Å². The second-order valence-corrected chi connectivity index (χ2v) is 5.44. The quantitative estimate of drug-likeness (QED) is 0.664. The molecule has 0 unspecified atom stereocenters. The van der Waals surface area contributed by atoms with Crippen LogP contribution in [0.2, 0.25) is 0 Å². The predicted molar refractivity (Wildman–Crippen MR) is 70.3 cm³/mol. The minimum atomic E-state index is -1.15.